The lowest BCUT2D eigenvalue weighted by atomic mass is 10.0. The summed E-state index contributed by atoms with van der Waals surface area (Å²) in [6.45, 7) is 4.58. The molecule has 196 valence electrons. The summed E-state index contributed by atoms with van der Waals surface area (Å²) in [4.78, 5) is 14.3. The van der Waals surface area contributed by atoms with Crippen LogP contribution < -0.4 is 15.4 Å². The zero-order valence-electron chi connectivity index (χ0n) is 22.3. The first-order valence-corrected chi connectivity index (χ1v) is 12.5. The van der Waals surface area contributed by atoms with E-state index in [2.05, 4.69) is 21.7 Å². The predicted octanol–water partition coefficient (Wildman–Crippen LogP) is 6.40. The fourth-order valence-electron chi connectivity index (χ4n) is 4.43. The molecule has 5 aromatic rings. The van der Waals surface area contributed by atoms with Crippen LogP contribution in [0.5, 0.6) is 5.75 Å². The number of benzene rings is 3. The Morgan fingerprint density at radius 2 is 1.68 bits per heavy atom. The minimum atomic E-state index is 0.389. The lowest BCUT2D eigenvalue weighted by molar-refractivity contribution is 0.414. The van der Waals surface area contributed by atoms with E-state index >= 15 is 0 Å². The molecule has 0 atom stereocenters. The van der Waals surface area contributed by atoms with Gasteiger partial charge < -0.3 is 19.9 Å². The Hall–Kier alpha value is -5.67. The normalized spacial score (nSPS) is 10.8. The summed E-state index contributed by atoms with van der Waals surface area (Å²) in [6, 6.07) is 23.2. The fraction of sp³-hybridized carbons (Fsp3) is 0.129. The van der Waals surface area contributed by atoms with Gasteiger partial charge in [-0.1, -0.05) is 12.1 Å². The average molecular weight is 527 g/mol. The van der Waals surface area contributed by atoms with Crippen molar-refractivity contribution in [3.63, 3.8) is 0 Å². The lowest BCUT2D eigenvalue weighted by Gasteiger charge is -2.15. The van der Waals surface area contributed by atoms with Crippen LogP contribution in [-0.2, 0) is 6.54 Å². The molecule has 0 bridgehead atoms. The highest BCUT2D eigenvalue weighted by molar-refractivity contribution is 5.88. The van der Waals surface area contributed by atoms with Gasteiger partial charge in [0.25, 0.3) is 0 Å². The summed E-state index contributed by atoms with van der Waals surface area (Å²) in [5.41, 5.74) is 7.55. The molecule has 0 radical (unpaired) electrons. The van der Waals surface area contributed by atoms with Crippen LogP contribution in [0.3, 0.4) is 0 Å². The van der Waals surface area contributed by atoms with Gasteiger partial charge >= 0.3 is 0 Å². The van der Waals surface area contributed by atoms with Crippen LogP contribution in [-0.4, -0.2) is 26.6 Å². The smallest absolute Gasteiger partial charge is 0.231 e. The molecule has 9 heteroatoms. The second-order valence-corrected chi connectivity index (χ2v) is 9.22. The van der Waals surface area contributed by atoms with E-state index < -0.39 is 0 Å². The number of aryl methyl sites for hydroxylation is 2. The highest BCUT2D eigenvalue weighted by Crippen LogP contribution is 2.30. The van der Waals surface area contributed by atoms with Crippen molar-refractivity contribution in [1.82, 2.24) is 19.5 Å². The number of nitrogens with zero attached hydrogens (tertiary/aromatic N) is 6. The maximum absolute atomic E-state index is 9.14. The van der Waals surface area contributed by atoms with Gasteiger partial charge in [-0.3, -0.25) is 0 Å². The number of imidazole rings is 1. The van der Waals surface area contributed by atoms with Crippen LogP contribution in [0.4, 0.5) is 23.1 Å². The topological polar surface area (TPSA) is 124 Å². The second-order valence-electron chi connectivity index (χ2n) is 9.22. The first kappa shape index (κ1) is 26.0. The van der Waals surface area contributed by atoms with Gasteiger partial charge in [-0.2, -0.15) is 20.5 Å². The van der Waals surface area contributed by atoms with Crippen molar-refractivity contribution in [2.75, 3.05) is 17.7 Å². The molecule has 0 aliphatic rings. The predicted molar refractivity (Wildman–Crippen MR) is 156 cm³/mol. The molecule has 3 aromatic carbocycles. The summed E-state index contributed by atoms with van der Waals surface area (Å²) in [6.07, 6.45) is 5.01. The molecule has 0 spiro atoms. The number of nitrogens with one attached hydrogen (secondary N) is 2. The van der Waals surface area contributed by atoms with Gasteiger partial charge in [-0.15, -0.1) is 0 Å². The zero-order valence-corrected chi connectivity index (χ0v) is 22.3. The summed E-state index contributed by atoms with van der Waals surface area (Å²) in [5.74, 6) is 1.74. The summed E-state index contributed by atoms with van der Waals surface area (Å²) in [5, 5.41) is 24.8. The van der Waals surface area contributed by atoms with E-state index in [-0.39, 0.29) is 0 Å². The first-order chi connectivity index (χ1) is 19.5. The van der Waals surface area contributed by atoms with E-state index in [0.29, 0.717) is 35.0 Å². The maximum atomic E-state index is 9.14. The molecule has 5 rings (SSSR count). The number of hydrogen-bond donors (Lipinski definition) is 2. The molecular weight excluding hydrogens is 500 g/mol. The first-order valence-electron chi connectivity index (χ1n) is 12.5. The van der Waals surface area contributed by atoms with Crippen LogP contribution in [0.25, 0.3) is 17.2 Å². The maximum Gasteiger partial charge on any atom is 0.231 e. The molecule has 0 unspecified atom stereocenters. The molecule has 0 fully saturated rings. The number of fused-ring (bicyclic) bond motifs is 1. The van der Waals surface area contributed by atoms with Crippen molar-refractivity contribution in [3.05, 3.63) is 101 Å². The minimum absolute atomic E-state index is 0.389. The van der Waals surface area contributed by atoms with Crippen molar-refractivity contribution in [2.45, 2.75) is 20.4 Å². The number of rotatable bonds is 8. The van der Waals surface area contributed by atoms with Crippen molar-refractivity contribution >= 4 is 40.4 Å². The number of allylic oxidation sites excluding steroid dienone is 1. The van der Waals surface area contributed by atoms with Crippen LogP contribution in [0, 0.1) is 36.5 Å². The third-order valence-corrected chi connectivity index (χ3v) is 6.39. The SMILES string of the molecule is COc1ccc(Cn2cnc3c(Nc4c(C)cc(/C=C/C#N)cc4C)nc(Nc4ccc(C#N)cc4)nc32)cc1. The van der Waals surface area contributed by atoms with E-state index in [9.17, 15) is 0 Å². The molecule has 0 saturated heterocycles. The molecule has 0 amide bonds. The monoisotopic (exact) mass is 526 g/mol. The third kappa shape index (κ3) is 5.59. The molecular formula is C31H26N8O. The summed E-state index contributed by atoms with van der Waals surface area (Å²) in [7, 11) is 1.65. The van der Waals surface area contributed by atoms with Gasteiger partial charge in [0.2, 0.25) is 5.95 Å². The molecule has 0 saturated carbocycles. The van der Waals surface area contributed by atoms with E-state index in [1.807, 2.05) is 73.0 Å². The van der Waals surface area contributed by atoms with Crippen molar-refractivity contribution in [1.29, 1.82) is 10.5 Å². The number of hydrogen-bond acceptors (Lipinski definition) is 8. The minimum Gasteiger partial charge on any atom is -0.497 e. The third-order valence-electron chi connectivity index (χ3n) is 6.39. The van der Waals surface area contributed by atoms with Gasteiger partial charge in [0.1, 0.15) is 5.75 Å². The highest BCUT2D eigenvalue weighted by Gasteiger charge is 2.16. The second kappa shape index (κ2) is 11.4. The van der Waals surface area contributed by atoms with Gasteiger partial charge in [0.15, 0.2) is 17.0 Å². The zero-order chi connectivity index (χ0) is 28.1. The lowest BCUT2D eigenvalue weighted by Crippen LogP contribution is -2.06. The number of nitriles is 2. The van der Waals surface area contributed by atoms with Crippen molar-refractivity contribution in [2.24, 2.45) is 0 Å². The van der Waals surface area contributed by atoms with Gasteiger partial charge in [-0.25, -0.2) is 4.98 Å². The summed E-state index contributed by atoms with van der Waals surface area (Å²) >= 11 is 0. The van der Waals surface area contributed by atoms with Crippen molar-refractivity contribution < 1.29 is 4.74 Å². The largest absolute Gasteiger partial charge is 0.497 e. The molecule has 40 heavy (non-hydrogen) atoms. The molecule has 9 nitrogen and oxygen atoms in total. The van der Waals surface area contributed by atoms with Gasteiger partial charge in [0.05, 0.1) is 37.7 Å². The van der Waals surface area contributed by atoms with Crippen molar-refractivity contribution in [3.8, 4) is 17.9 Å². The quantitative estimate of drug-likeness (QED) is 0.223. The van der Waals surface area contributed by atoms with Crippen LogP contribution in [0.2, 0.25) is 0 Å². The Morgan fingerprint density at radius 1 is 0.950 bits per heavy atom. The molecule has 0 aliphatic carbocycles. The molecule has 2 N–H and O–H groups in total. The number of anilines is 4. The van der Waals surface area contributed by atoms with Gasteiger partial charge in [-0.05, 0) is 90.7 Å². The van der Waals surface area contributed by atoms with Crippen LogP contribution in [0.1, 0.15) is 27.8 Å². The molecule has 2 aromatic heterocycles. The number of methoxy groups -OCH3 is 1. The summed E-state index contributed by atoms with van der Waals surface area (Å²) < 4.78 is 7.26. The molecule has 0 aliphatic heterocycles. The van der Waals surface area contributed by atoms with Crippen LogP contribution >= 0.6 is 0 Å². The highest BCUT2D eigenvalue weighted by atomic mass is 16.5. The van der Waals surface area contributed by atoms with E-state index in [0.717, 1.165) is 39.4 Å². The number of ether oxygens (including phenoxy) is 1. The van der Waals surface area contributed by atoms with E-state index in [4.69, 9.17) is 25.2 Å². The van der Waals surface area contributed by atoms with Crippen LogP contribution in [0.15, 0.2) is 73.1 Å². The molecule has 2 heterocycles. The Labute approximate surface area is 232 Å². The standard InChI is InChI=1S/C31H26N8O/c1-20-15-24(5-4-14-32)16-21(2)27(20)36-29-28-30(38-31(37-29)35-25-10-6-22(17-33)7-11-25)39(19-34-28)18-23-8-12-26(40-3)13-9-23/h4-13,15-16,19H,18H2,1-3H3,(H2,35,36,37,38)/b5-4+. The fourth-order valence-corrected chi connectivity index (χ4v) is 4.43. The Kier molecular flexibility index (Phi) is 7.38. The van der Waals surface area contributed by atoms with E-state index in [1.54, 1.807) is 31.6 Å². The Balaban J connectivity index is 1.56. The average Bonchev–Trinajstić information content (AvgIpc) is 3.37. The Morgan fingerprint density at radius 3 is 2.33 bits per heavy atom. The Bertz CT molecular complexity index is 1770. The van der Waals surface area contributed by atoms with Gasteiger partial charge in [0, 0.05) is 17.5 Å². The number of aromatic nitrogens is 4. The van der Waals surface area contributed by atoms with E-state index in [1.165, 1.54) is 6.08 Å².